The molecule has 30 heavy (non-hydrogen) atoms. The Balaban J connectivity index is 1.75. The Labute approximate surface area is 177 Å². The Morgan fingerprint density at radius 1 is 1.20 bits per heavy atom. The number of anilines is 1. The number of rotatable bonds is 5. The van der Waals surface area contributed by atoms with E-state index in [0.29, 0.717) is 18.1 Å². The van der Waals surface area contributed by atoms with Crippen molar-refractivity contribution in [2.24, 2.45) is 5.41 Å². The maximum atomic E-state index is 10.9. The normalized spacial score (nSPS) is 15.0. The molecule has 1 N–H and O–H groups in total. The number of fused-ring (bicyclic) bond motifs is 1. The van der Waals surface area contributed by atoms with Crippen LogP contribution in [0.5, 0.6) is 0 Å². The van der Waals surface area contributed by atoms with E-state index < -0.39 is 0 Å². The number of hydrogen-bond donors (Lipinski definition) is 1. The van der Waals surface area contributed by atoms with E-state index in [4.69, 9.17) is 9.51 Å². The Bertz CT molecular complexity index is 1090. The summed E-state index contributed by atoms with van der Waals surface area (Å²) < 4.78 is 5.68. The smallest absolute Gasteiger partial charge is 0.260 e. The molecule has 4 rings (SSSR count). The summed E-state index contributed by atoms with van der Waals surface area (Å²) in [5.74, 6) is 1.98. The number of benzene rings is 1. The second kappa shape index (κ2) is 7.67. The number of carbonyl (C=O) groups is 1. The first-order valence-electron chi connectivity index (χ1n) is 10.4. The molecule has 3 aromatic rings. The number of aldehydes is 1. The zero-order chi connectivity index (χ0) is 21.5. The summed E-state index contributed by atoms with van der Waals surface area (Å²) in [7, 11) is 1.91. The molecule has 1 aliphatic carbocycles. The molecule has 0 amide bonds. The van der Waals surface area contributed by atoms with E-state index in [9.17, 15) is 4.79 Å². The van der Waals surface area contributed by atoms with Gasteiger partial charge in [-0.05, 0) is 78.5 Å². The van der Waals surface area contributed by atoms with Gasteiger partial charge in [-0.25, -0.2) is 4.98 Å². The van der Waals surface area contributed by atoms with E-state index in [1.165, 1.54) is 11.1 Å². The lowest BCUT2D eigenvalue weighted by atomic mass is 9.73. The summed E-state index contributed by atoms with van der Waals surface area (Å²) in [4.78, 5) is 20.3. The number of hydrogen-bond acceptors (Lipinski definition) is 6. The fourth-order valence-corrected chi connectivity index (χ4v) is 4.47. The second-order valence-electron chi connectivity index (χ2n) is 8.95. The van der Waals surface area contributed by atoms with Gasteiger partial charge in [0.05, 0.1) is 5.56 Å². The van der Waals surface area contributed by atoms with Gasteiger partial charge < -0.3 is 14.6 Å². The molecule has 2 heterocycles. The molecule has 0 atom stereocenters. The van der Waals surface area contributed by atoms with Crippen LogP contribution < -0.4 is 5.32 Å². The largest absolute Gasteiger partial charge is 0.373 e. The molecular formula is C24H28N4O2. The van der Waals surface area contributed by atoms with Crippen molar-refractivity contribution in [3.8, 4) is 22.8 Å². The van der Waals surface area contributed by atoms with Gasteiger partial charge >= 0.3 is 0 Å². The lowest BCUT2D eigenvalue weighted by molar-refractivity contribution is -0.107. The van der Waals surface area contributed by atoms with Crippen LogP contribution in [0.2, 0.25) is 0 Å². The van der Waals surface area contributed by atoms with E-state index in [1.54, 1.807) is 0 Å². The van der Waals surface area contributed by atoms with Gasteiger partial charge in [-0.2, -0.15) is 4.98 Å². The first kappa shape index (κ1) is 20.3. The predicted octanol–water partition coefficient (Wildman–Crippen LogP) is 4.71. The molecule has 1 aliphatic rings. The van der Waals surface area contributed by atoms with Crippen LogP contribution in [-0.4, -0.2) is 28.5 Å². The number of aryl methyl sites for hydroxylation is 2. The fraction of sp³-hybridized carbons (Fsp3) is 0.417. The first-order valence-corrected chi connectivity index (χ1v) is 10.4. The van der Waals surface area contributed by atoms with Crippen LogP contribution in [0.4, 0.5) is 5.82 Å². The minimum atomic E-state index is 0.247. The molecule has 0 saturated carbocycles. The van der Waals surface area contributed by atoms with Crippen molar-refractivity contribution in [1.82, 2.24) is 15.1 Å². The topological polar surface area (TPSA) is 80.9 Å². The van der Waals surface area contributed by atoms with Gasteiger partial charge in [-0.1, -0.05) is 19.0 Å². The third kappa shape index (κ3) is 3.62. The molecule has 0 radical (unpaired) electrons. The van der Waals surface area contributed by atoms with Crippen LogP contribution in [0.3, 0.4) is 0 Å². The van der Waals surface area contributed by atoms with Crippen molar-refractivity contribution in [2.45, 2.75) is 53.4 Å². The number of carbonyl (C=O) groups excluding carboxylic acids is 1. The monoisotopic (exact) mass is 404 g/mol. The van der Waals surface area contributed by atoms with Crippen LogP contribution in [-0.2, 0) is 24.1 Å². The zero-order valence-corrected chi connectivity index (χ0v) is 18.3. The highest BCUT2D eigenvalue weighted by Crippen LogP contribution is 2.41. The van der Waals surface area contributed by atoms with Crippen molar-refractivity contribution in [1.29, 1.82) is 0 Å². The molecule has 0 saturated heterocycles. The van der Waals surface area contributed by atoms with Crippen molar-refractivity contribution < 1.29 is 9.32 Å². The summed E-state index contributed by atoms with van der Waals surface area (Å²) in [5, 5.41) is 7.47. The summed E-state index contributed by atoms with van der Waals surface area (Å²) >= 11 is 0. The Morgan fingerprint density at radius 3 is 2.60 bits per heavy atom. The van der Waals surface area contributed by atoms with E-state index >= 15 is 0 Å². The van der Waals surface area contributed by atoms with Crippen LogP contribution in [0.1, 0.15) is 48.1 Å². The summed E-state index contributed by atoms with van der Waals surface area (Å²) in [6, 6.07) is 4.03. The van der Waals surface area contributed by atoms with Gasteiger partial charge in [0.25, 0.3) is 5.89 Å². The van der Waals surface area contributed by atoms with Gasteiger partial charge in [-0.3, -0.25) is 0 Å². The van der Waals surface area contributed by atoms with Crippen molar-refractivity contribution in [3.05, 3.63) is 46.1 Å². The minimum Gasteiger partial charge on any atom is -0.373 e. The minimum absolute atomic E-state index is 0.247. The van der Waals surface area contributed by atoms with E-state index in [1.807, 2.05) is 39.2 Å². The highest BCUT2D eigenvalue weighted by molar-refractivity contribution is 5.68. The van der Waals surface area contributed by atoms with Crippen molar-refractivity contribution in [3.63, 3.8) is 0 Å². The van der Waals surface area contributed by atoms with Crippen molar-refractivity contribution in [2.75, 3.05) is 12.4 Å². The molecule has 0 bridgehead atoms. The van der Waals surface area contributed by atoms with Crippen LogP contribution in [0.25, 0.3) is 22.8 Å². The molecule has 6 heteroatoms. The second-order valence-corrected chi connectivity index (χ2v) is 8.95. The van der Waals surface area contributed by atoms with E-state index in [2.05, 4.69) is 29.3 Å². The standard InChI is InChI=1S/C24H28N4O2/c1-14-10-16(11-15(2)17(14)7-9-29)21-27-23(30-28-21)20-13-26-22(25-5)19-12-24(3,4)8-6-18(19)20/h9-11,13H,6-8,12H2,1-5H3,(H,25,26). The Morgan fingerprint density at radius 2 is 1.93 bits per heavy atom. The number of aromatic nitrogens is 3. The average Bonchev–Trinajstić information content (AvgIpc) is 3.19. The molecule has 1 aromatic carbocycles. The van der Waals surface area contributed by atoms with Gasteiger partial charge in [0.15, 0.2) is 0 Å². The molecular weight excluding hydrogens is 376 g/mol. The Kier molecular flexibility index (Phi) is 5.18. The number of pyridine rings is 1. The first-order chi connectivity index (χ1) is 14.3. The fourth-order valence-electron chi connectivity index (χ4n) is 4.47. The molecule has 0 unspecified atom stereocenters. The molecule has 0 fully saturated rings. The molecule has 156 valence electrons. The summed E-state index contributed by atoms with van der Waals surface area (Å²) in [5.41, 5.74) is 7.73. The van der Waals surface area contributed by atoms with Crippen LogP contribution in [0, 0.1) is 19.3 Å². The number of nitrogens with zero attached hydrogens (tertiary/aromatic N) is 3. The average molecular weight is 405 g/mol. The SMILES string of the molecule is CNc1ncc(-c2nc(-c3cc(C)c(CC=O)c(C)c3)no2)c2c1CC(C)(C)CC2. The zero-order valence-electron chi connectivity index (χ0n) is 18.3. The summed E-state index contributed by atoms with van der Waals surface area (Å²) in [6.07, 6.45) is 6.24. The lowest BCUT2D eigenvalue weighted by Crippen LogP contribution is -2.24. The van der Waals surface area contributed by atoms with E-state index in [-0.39, 0.29) is 5.41 Å². The molecule has 0 spiro atoms. The molecule has 0 aliphatic heterocycles. The Hall–Kier alpha value is -3.02. The third-order valence-corrected chi connectivity index (χ3v) is 6.14. The molecule has 6 nitrogen and oxygen atoms in total. The van der Waals surface area contributed by atoms with Gasteiger partial charge in [-0.15, -0.1) is 0 Å². The molecule has 2 aromatic heterocycles. The highest BCUT2D eigenvalue weighted by atomic mass is 16.5. The maximum Gasteiger partial charge on any atom is 0.260 e. The van der Waals surface area contributed by atoms with Crippen LogP contribution >= 0.6 is 0 Å². The van der Waals surface area contributed by atoms with Gasteiger partial charge in [0.1, 0.15) is 12.1 Å². The van der Waals surface area contributed by atoms with E-state index in [0.717, 1.165) is 59.2 Å². The summed E-state index contributed by atoms with van der Waals surface area (Å²) in [6.45, 7) is 8.61. The predicted molar refractivity (Wildman–Crippen MR) is 118 cm³/mol. The van der Waals surface area contributed by atoms with Gasteiger partial charge in [0.2, 0.25) is 5.82 Å². The number of nitrogens with one attached hydrogen (secondary N) is 1. The van der Waals surface area contributed by atoms with Crippen LogP contribution in [0.15, 0.2) is 22.9 Å². The highest BCUT2D eigenvalue weighted by Gasteiger charge is 2.30. The quantitative estimate of drug-likeness (QED) is 0.620. The third-order valence-electron chi connectivity index (χ3n) is 6.14. The maximum absolute atomic E-state index is 10.9. The van der Waals surface area contributed by atoms with Gasteiger partial charge in [0, 0.05) is 25.2 Å². The lowest BCUT2D eigenvalue weighted by Gasteiger charge is -2.32. The van der Waals surface area contributed by atoms with Crippen molar-refractivity contribution >= 4 is 12.1 Å².